The van der Waals surface area contributed by atoms with E-state index in [4.69, 9.17) is 35.4 Å². The molecule has 0 fully saturated rings. The molecule has 0 unspecified atom stereocenters. The molecule has 0 aliphatic rings. The topological polar surface area (TPSA) is 24.1 Å². The molecule has 0 aliphatic heterocycles. The standard InChI is InChI=1S/C15H22Cl2N2S/c1-2-3-4-5-6-7-8-18-15(20)19-14-10-12(16)9-13(17)11-14/h9-11H,2-8H2,1H3,(H2,18,19,20). The molecular formula is C15H22Cl2N2S. The molecule has 112 valence electrons. The normalized spacial score (nSPS) is 10.3. The number of nitrogens with one attached hydrogen (secondary N) is 2. The Hall–Kier alpha value is -0.510. The number of hydrogen-bond donors (Lipinski definition) is 2. The average Bonchev–Trinajstić information content (AvgIpc) is 2.36. The minimum absolute atomic E-state index is 0.596. The van der Waals surface area contributed by atoms with Crippen LogP contribution in [-0.4, -0.2) is 11.7 Å². The van der Waals surface area contributed by atoms with Gasteiger partial charge in [0, 0.05) is 22.3 Å². The van der Waals surface area contributed by atoms with Crippen molar-refractivity contribution in [3.05, 3.63) is 28.2 Å². The summed E-state index contributed by atoms with van der Waals surface area (Å²) in [5, 5.41) is 8.08. The molecule has 0 radical (unpaired) electrons. The Morgan fingerprint density at radius 3 is 2.25 bits per heavy atom. The van der Waals surface area contributed by atoms with Gasteiger partial charge in [-0.1, -0.05) is 62.2 Å². The summed E-state index contributed by atoms with van der Waals surface area (Å²) in [6.07, 6.45) is 7.65. The third-order valence-electron chi connectivity index (χ3n) is 2.94. The maximum Gasteiger partial charge on any atom is 0.170 e. The minimum Gasteiger partial charge on any atom is -0.362 e. The van der Waals surface area contributed by atoms with Gasteiger partial charge in [-0.25, -0.2) is 0 Å². The lowest BCUT2D eigenvalue weighted by molar-refractivity contribution is 0.603. The van der Waals surface area contributed by atoms with Gasteiger partial charge in [-0.3, -0.25) is 0 Å². The summed E-state index contributed by atoms with van der Waals surface area (Å²) in [5.74, 6) is 0. The van der Waals surface area contributed by atoms with E-state index >= 15 is 0 Å². The van der Waals surface area contributed by atoms with Crippen LogP contribution in [0.4, 0.5) is 5.69 Å². The summed E-state index contributed by atoms with van der Waals surface area (Å²) in [6, 6.07) is 5.29. The van der Waals surface area contributed by atoms with E-state index in [-0.39, 0.29) is 0 Å². The quantitative estimate of drug-likeness (QED) is 0.475. The maximum absolute atomic E-state index is 5.93. The van der Waals surface area contributed by atoms with Crippen LogP contribution in [0.15, 0.2) is 18.2 Å². The van der Waals surface area contributed by atoms with E-state index in [0.717, 1.165) is 18.7 Å². The highest BCUT2D eigenvalue weighted by molar-refractivity contribution is 7.80. The largest absolute Gasteiger partial charge is 0.362 e. The molecule has 1 rings (SSSR count). The van der Waals surface area contributed by atoms with Crippen LogP contribution in [0.1, 0.15) is 45.4 Å². The molecule has 0 heterocycles. The van der Waals surface area contributed by atoms with Gasteiger partial charge in [0.25, 0.3) is 0 Å². The van der Waals surface area contributed by atoms with Crippen molar-refractivity contribution in [3.63, 3.8) is 0 Å². The van der Waals surface area contributed by atoms with Gasteiger partial charge < -0.3 is 10.6 Å². The first kappa shape index (κ1) is 17.5. The number of benzene rings is 1. The molecule has 2 N–H and O–H groups in total. The number of hydrogen-bond acceptors (Lipinski definition) is 1. The predicted molar refractivity (Wildman–Crippen MR) is 94.1 cm³/mol. The van der Waals surface area contributed by atoms with Crippen molar-refractivity contribution >= 4 is 46.2 Å². The van der Waals surface area contributed by atoms with E-state index in [1.807, 2.05) is 0 Å². The van der Waals surface area contributed by atoms with Crippen LogP contribution in [-0.2, 0) is 0 Å². The first-order valence-electron chi connectivity index (χ1n) is 7.12. The van der Waals surface area contributed by atoms with Crippen molar-refractivity contribution in [1.29, 1.82) is 0 Å². The summed E-state index contributed by atoms with van der Waals surface area (Å²) in [7, 11) is 0. The lowest BCUT2D eigenvalue weighted by Gasteiger charge is -2.11. The van der Waals surface area contributed by atoms with E-state index in [9.17, 15) is 0 Å². The number of thiocarbonyl (C=S) groups is 1. The number of rotatable bonds is 8. The highest BCUT2D eigenvalue weighted by Crippen LogP contribution is 2.22. The first-order chi connectivity index (χ1) is 9.61. The van der Waals surface area contributed by atoms with Crippen LogP contribution >= 0.6 is 35.4 Å². The fraction of sp³-hybridized carbons (Fsp3) is 0.533. The summed E-state index contributed by atoms with van der Waals surface area (Å²) in [4.78, 5) is 0. The van der Waals surface area contributed by atoms with Crippen LogP contribution in [0.2, 0.25) is 10.0 Å². The van der Waals surface area contributed by atoms with E-state index in [1.54, 1.807) is 18.2 Å². The predicted octanol–water partition coefficient (Wildman–Crippen LogP) is 5.64. The molecule has 1 aromatic carbocycles. The second-order valence-electron chi connectivity index (χ2n) is 4.81. The second-order valence-corrected chi connectivity index (χ2v) is 6.09. The Morgan fingerprint density at radius 2 is 1.60 bits per heavy atom. The van der Waals surface area contributed by atoms with E-state index in [0.29, 0.717) is 15.2 Å². The smallest absolute Gasteiger partial charge is 0.170 e. The Balaban J connectivity index is 2.17. The molecule has 20 heavy (non-hydrogen) atoms. The summed E-state index contributed by atoms with van der Waals surface area (Å²) >= 11 is 17.1. The summed E-state index contributed by atoms with van der Waals surface area (Å²) in [5.41, 5.74) is 0.808. The second kappa shape index (κ2) is 10.3. The van der Waals surface area contributed by atoms with Crippen molar-refractivity contribution in [2.24, 2.45) is 0 Å². The van der Waals surface area contributed by atoms with Crippen molar-refractivity contribution < 1.29 is 0 Å². The van der Waals surface area contributed by atoms with Crippen LogP contribution in [0.25, 0.3) is 0 Å². The van der Waals surface area contributed by atoms with Gasteiger partial charge in [0.2, 0.25) is 0 Å². The highest BCUT2D eigenvalue weighted by atomic mass is 35.5. The zero-order chi connectivity index (χ0) is 14.8. The molecule has 0 atom stereocenters. The van der Waals surface area contributed by atoms with Gasteiger partial charge in [-0.2, -0.15) is 0 Å². The zero-order valence-electron chi connectivity index (χ0n) is 11.8. The minimum atomic E-state index is 0.596. The third kappa shape index (κ3) is 7.93. The average molecular weight is 333 g/mol. The van der Waals surface area contributed by atoms with Crippen LogP contribution < -0.4 is 10.6 Å². The summed E-state index contributed by atoms with van der Waals surface area (Å²) in [6.45, 7) is 3.13. The Kier molecular flexibility index (Phi) is 8.99. The van der Waals surface area contributed by atoms with Gasteiger partial charge in [-0.15, -0.1) is 0 Å². The van der Waals surface area contributed by atoms with Gasteiger partial charge in [0.05, 0.1) is 0 Å². The van der Waals surface area contributed by atoms with Gasteiger partial charge in [0.15, 0.2) is 5.11 Å². The van der Waals surface area contributed by atoms with E-state index in [2.05, 4.69) is 17.6 Å². The SMILES string of the molecule is CCCCCCCCNC(=S)Nc1cc(Cl)cc(Cl)c1. The van der Waals surface area contributed by atoms with Gasteiger partial charge in [0.1, 0.15) is 0 Å². The molecule has 0 aliphatic carbocycles. The molecule has 0 spiro atoms. The summed E-state index contributed by atoms with van der Waals surface area (Å²) < 4.78 is 0. The molecule has 0 amide bonds. The molecule has 0 aromatic heterocycles. The number of anilines is 1. The number of unbranched alkanes of at least 4 members (excludes halogenated alkanes) is 5. The Labute approximate surface area is 137 Å². The molecule has 0 saturated carbocycles. The lowest BCUT2D eigenvalue weighted by atomic mass is 10.1. The van der Waals surface area contributed by atoms with E-state index in [1.165, 1.54) is 32.1 Å². The Morgan fingerprint density at radius 1 is 1.00 bits per heavy atom. The van der Waals surface area contributed by atoms with Crippen LogP contribution in [0.5, 0.6) is 0 Å². The number of halogens is 2. The highest BCUT2D eigenvalue weighted by Gasteiger charge is 2.00. The molecule has 0 bridgehead atoms. The van der Waals surface area contributed by atoms with Crippen molar-refractivity contribution in [1.82, 2.24) is 5.32 Å². The molecular weight excluding hydrogens is 311 g/mol. The molecule has 5 heteroatoms. The third-order valence-corrected chi connectivity index (χ3v) is 3.62. The first-order valence-corrected chi connectivity index (χ1v) is 8.29. The van der Waals surface area contributed by atoms with E-state index < -0.39 is 0 Å². The molecule has 1 aromatic rings. The zero-order valence-corrected chi connectivity index (χ0v) is 14.2. The van der Waals surface area contributed by atoms with Crippen LogP contribution in [0, 0.1) is 0 Å². The fourth-order valence-corrected chi connectivity index (χ4v) is 2.65. The monoisotopic (exact) mass is 332 g/mol. The van der Waals surface area contributed by atoms with Gasteiger partial charge >= 0.3 is 0 Å². The maximum atomic E-state index is 5.93. The lowest BCUT2D eigenvalue weighted by Crippen LogP contribution is -2.29. The molecule has 0 saturated heterocycles. The van der Waals surface area contributed by atoms with Crippen LogP contribution in [0.3, 0.4) is 0 Å². The fourth-order valence-electron chi connectivity index (χ4n) is 1.91. The Bertz CT molecular complexity index is 404. The van der Waals surface area contributed by atoms with Gasteiger partial charge in [-0.05, 0) is 36.8 Å². The van der Waals surface area contributed by atoms with Crippen molar-refractivity contribution in [2.75, 3.05) is 11.9 Å². The molecule has 2 nitrogen and oxygen atoms in total. The van der Waals surface area contributed by atoms with Crippen molar-refractivity contribution in [3.8, 4) is 0 Å². The van der Waals surface area contributed by atoms with Crippen molar-refractivity contribution in [2.45, 2.75) is 45.4 Å².